The quantitative estimate of drug-likeness (QED) is 0.431. The highest BCUT2D eigenvalue weighted by atomic mass is 16.5. The van der Waals surface area contributed by atoms with E-state index in [0.717, 1.165) is 44.1 Å². The van der Waals surface area contributed by atoms with Crippen LogP contribution < -0.4 is 4.90 Å². The molecule has 1 aliphatic rings. The van der Waals surface area contributed by atoms with Crippen LogP contribution in [-0.4, -0.2) is 37.1 Å². The number of hydrogen-bond donors (Lipinski definition) is 0. The average Bonchev–Trinajstić information content (AvgIpc) is 3.17. The summed E-state index contributed by atoms with van der Waals surface area (Å²) in [5.74, 6) is 0. The maximum absolute atomic E-state index is 5.44. The molecule has 1 aliphatic heterocycles. The second kappa shape index (κ2) is 8.56. The van der Waals surface area contributed by atoms with Gasteiger partial charge in [-0.3, -0.25) is 4.99 Å². The second-order valence-corrected chi connectivity index (χ2v) is 7.59. The van der Waals surface area contributed by atoms with Crippen molar-refractivity contribution in [1.82, 2.24) is 4.57 Å². The average molecular weight is 396 g/mol. The summed E-state index contributed by atoms with van der Waals surface area (Å²) in [5.41, 5.74) is 5.85. The van der Waals surface area contributed by atoms with Crippen LogP contribution in [0.2, 0.25) is 0 Å². The molecule has 0 radical (unpaired) electrons. The van der Waals surface area contributed by atoms with Crippen molar-refractivity contribution in [3.63, 3.8) is 0 Å². The van der Waals surface area contributed by atoms with Crippen LogP contribution in [0.1, 0.15) is 11.1 Å². The fourth-order valence-corrected chi connectivity index (χ4v) is 4.00. The van der Waals surface area contributed by atoms with E-state index in [1.807, 2.05) is 6.21 Å². The van der Waals surface area contributed by atoms with Crippen LogP contribution in [0.3, 0.4) is 0 Å². The predicted molar refractivity (Wildman–Crippen MR) is 124 cm³/mol. The summed E-state index contributed by atoms with van der Waals surface area (Å²) in [4.78, 5) is 7.11. The van der Waals surface area contributed by atoms with Crippen molar-refractivity contribution in [3.05, 3.63) is 96.2 Å². The molecule has 150 valence electrons. The third-order valence-electron chi connectivity index (χ3n) is 5.59. The Balaban J connectivity index is 1.39. The van der Waals surface area contributed by atoms with Gasteiger partial charge in [-0.25, -0.2) is 0 Å². The molecule has 1 aromatic heterocycles. The van der Waals surface area contributed by atoms with E-state index in [1.165, 1.54) is 22.2 Å². The first-order chi connectivity index (χ1) is 14.9. The number of aliphatic imine (C=N–C) groups is 1. The van der Waals surface area contributed by atoms with Gasteiger partial charge < -0.3 is 14.2 Å². The fraction of sp³-hybridized carbons (Fsp3) is 0.192. The zero-order chi connectivity index (χ0) is 20.2. The van der Waals surface area contributed by atoms with Crippen LogP contribution in [0, 0.1) is 0 Å². The third kappa shape index (κ3) is 4.00. The monoisotopic (exact) mass is 395 g/mol. The van der Waals surface area contributed by atoms with Crippen LogP contribution in [0.15, 0.2) is 90.1 Å². The molecule has 0 N–H and O–H groups in total. The number of rotatable bonds is 5. The van der Waals surface area contributed by atoms with Crippen LogP contribution in [-0.2, 0) is 11.3 Å². The summed E-state index contributed by atoms with van der Waals surface area (Å²) < 4.78 is 7.74. The van der Waals surface area contributed by atoms with E-state index in [9.17, 15) is 0 Å². The van der Waals surface area contributed by atoms with E-state index in [1.54, 1.807) is 0 Å². The molecule has 4 aromatic rings. The van der Waals surface area contributed by atoms with Crippen molar-refractivity contribution in [1.29, 1.82) is 0 Å². The lowest BCUT2D eigenvalue weighted by atomic mass is 10.2. The number of anilines is 1. The minimum Gasteiger partial charge on any atom is -0.378 e. The maximum Gasteiger partial charge on any atom is 0.0642 e. The van der Waals surface area contributed by atoms with Gasteiger partial charge in [0.05, 0.1) is 18.9 Å². The Kier molecular flexibility index (Phi) is 5.32. The standard InChI is InChI=1S/C26H25N3O/c1-2-6-21(7-3-1)19-29-20-22(25-8-4-5-9-26(25)29)18-27-23-10-12-24(13-11-23)28-14-16-30-17-15-28/h1-13,18,20H,14-17,19H2. The van der Waals surface area contributed by atoms with Gasteiger partial charge in [0.1, 0.15) is 0 Å². The summed E-state index contributed by atoms with van der Waals surface area (Å²) in [5, 5.41) is 1.22. The van der Waals surface area contributed by atoms with E-state index >= 15 is 0 Å². The number of morpholine rings is 1. The number of para-hydroxylation sites is 1. The molecule has 0 bridgehead atoms. The van der Waals surface area contributed by atoms with Gasteiger partial charge in [0.15, 0.2) is 0 Å². The maximum atomic E-state index is 5.44. The Morgan fingerprint density at radius 2 is 1.57 bits per heavy atom. The minimum absolute atomic E-state index is 0.799. The fourth-order valence-electron chi connectivity index (χ4n) is 4.00. The molecule has 0 aliphatic carbocycles. The number of hydrogen-bond acceptors (Lipinski definition) is 3. The van der Waals surface area contributed by atoms with E-state index in [0.29, 0.717) is 0 Å². The number of aromatic nitrogens is 1. The molecule has 30 heavy (non-hydrogen) atoms. The highest BCUT2D eigenvalue weighted by Gasteiger charge is 2.11. The molecular weight excluding hydrogens is 370 g/mol. The molecule has 2 heterocycles. The smallest absolute Gasteiger partial charge is 0.0642 e. The first kappa shape index (κ1) is 18.6. The van der Waals surface area contributed by atoms with Gasteiger partial charge in [0, 0.05) is 54.2 Å². The Hall–Kier alpha value is -3.37. The van der Waals surface area contributed by atoms with E-state index in [-0.39, 0.29) is 0 Å². The van der Waals surface area contributed by atoms with E-state index < -0.39 is 0 Å². The molecular formula is C26H25N3O. The van der Waals surface area contributed by atoms with E-state index in [4.69, 9.17) is 9.73 Å². The molecule has 1 saturated heterocycles. The summed E-state index contributed by atoms with van der Waals surface area (Å²) in [6.07, 6.45) is 4.18. The molecule has 4 heteroatoms. The first-order valence-corrected chi connectivity index (χ1v) is 10.5. The highest BCUT2D eigenvalue weighted by molar-refractivity contribution is 6.00. The number of ether oxygens (including phenoxy) is 1. The molecule has 0 atom stereocenters. The third-order valence-corrected chi connectivity index (χ3v) is 5.59. The van der Waals surface area contributed by atoms with Gasteiger partial charge >= 0.3 is 0 Å². The van der Waals surface area contributed by atoms with Crippen LogP contribution in [0.4, 0.5) is 11.4 Å². The van der Waals surface area contributed by atoms with Crippen molar-refractivity contribution in [3.8, 4) is 0 Å². The van der Waals surface area contributed by atoms with Gasteiger partial charge in [-0.1, -0.05) is 48.5 Å². The Bertz CT molecular complexity index is 1140. The molecule has 5 rings (SSSR count). The zero-order valence-electron chi connectivity index (χ0n) is 16.9. The normalized spacial score (nSPS) is 14.6. The lowest BCUT2D eigenvalue weighted by Gasteiger charge is -2.28. The molecule has 0 amide bonds. The Morgan fingerprint density at radius 3 is 2.37 bits per heavy atom. The second-order valence-electron chi connectivity index (χ2n) is 7.59. The van der Waals surface area contributed by atoms with Gasteiger partial charge in [-0.15, -0.1) is 0 Å². The van der Waals surface area contributed by atoms with Crippen LogP contribution in [0.5, 0.6) is 0 Å². The topological polar surface area (TPSA) is 29.8 Å². The van der Waals surface area contributed by atoms with Crippen molar-refractivity contribution in [2.75, 3.05) is 31.2 Å². The summed E-state index contributed by atoms with van der Waals surface area (Å²) in [6.45, 7) is 4.34. The van der Waals surface area contributed by atoms with E-state index in [2.05, 4.69) is 94.5 Å². The van der Waals surface area contributed by atoms with Gasteiger partial charge in [-0.05, 0) is 35.9 Å². The van der Waals surface area contributed by atoms with Crippen LogP contribution in [0.25, 0.3) is 10.9 Å². The molecule has 0 saturated carbocycles. The SMILES string of the molecule is C(=Nc1ccc(N2CCOCC2)cc1)c1cn(Cc2ccccc2)c2ccccc12. The van der Waals surface area contributed by atoms with Crippen molar-refractivity contribution >= 4 is 28.5 Å². The molecule has 3 aromatic carbocycles. The molecule has 4 nitrogen and oxygen atoms in total. The van der Waals surface area contributed by atoms with Crippen molar-refractivity contribution in [2.45, 2.75) is 6.54 Å². The number of nitrogens with zero attached hydrogens (tertiary/aromatic N) is 3. The van der Waals surface area contributed by atoms with Crippen LogP contribution >= 0.6 is 0 Å². The largest absolute Gasteiger partial charge is 0.378 e. The zero-order valence-corrected chi connectivity index (χ0v) is 16.9. The van der Waals surface area contributed by atoms with Crippen molar-refractivity contribution < 1.29 is 4.74 Å². The highest BCUT2D eigenvalue weighted by Crippen LogP contribution is 2.24. The molecule has 1 fully saturated rings. The minimum atomic E-state index is 0.799. The first-order valence-electron chi connectivity index (χ1n) is 10.5. The molecule has 0 spiro atoms. The Labute approximate surface area is 177 Å². The lowest BCUT2D eigenvalue weighted by molar-refractivity contribution is 0.122. The van der Waals surface area contributed by atoms with Gasteiger partial charge in [-0.2, -0.15) is 0 Å². The Morgan fingerprint density at radius 1 is 0.833 bits per heavy atom. The summed E-state index contributed by atoms with van der Waals surface area (Å²) in [6, 6.07) is 27.6. The predicted octanol–water partition coefficient (Wildman–Crippen LogP) is 5.28. The lowest BCUT2D eigenvalue weighted by Crippen LogP contribution is -2.36. The van der Waals surface area contributed by atoms with Crippen molar-refractivity contribution in [2.24, 2.45) is 4.99 Å². The number of benzene rings is 3. The molecule has 0 unspecified atom stereocenters. The summed E-state index contributed by atoms with van der Waals surface area (Å²) >= 11 is 0. The summed E-state index contributed by atoms with van der Waals surface area (Å²) in [7, 11) is 0. The van der Waals surface area contributed by atoms with Gasteiger partial charge in [0.25, 0.3) is 0 Å². The van der Waals surface area contributed by atoms with Gasteiger partial charge in [0.2, 0.25) is 0 Å². The number of fused-ring (bicyclic) bond motifs is 1.